The molecule has 3 rings (SSSR count). The third kappa shape index (κ3) is 2.63. The first-order valence-electron chi connectivity index (χ1n) is 6.40. The maximum atomic E-state index is 12.2. The lowest BCUT2D eigenvalue weighted by Gasteiger charge is -2.23. The summed E-state index contributed by atoms with van der Waals surface area (Å²) < 4.78 is 5.42. The van der Waals surface area contributed by atoms with Gasteiger partial charge in [0.1, 0.15) is 5.75 Å². The summed E-state index contributed by atoms with van der Waals surface area (Å²) in [6.45, 7) is 0.770. The van der Waals surface area contributed by atoms with E-state index in [4.69, 9.17) is 4.74 Å². The number of carbonyl (C=O) groups is 1. The van der Waals surface area contributed by atoms with E-state index in [2.05, 4.69) is 11.4 Å². The molecule has 0 radical (unpaired) electrons. The molecule has 1 aromatic heterocycles. The second-order valence-corrected chi connectivity index (χ2v) is 5.37. The van der Waals surface area contributed by atoms with Crippen molar-refractivity contribution in [3.05, 3.63) is 52.7 Å². The molecule has 1 aromatic carbocycles. The highest BCUT2D eigenvalue weighted by atomic mass is 32.1. The summed E-state index contributed by atoms with van der Waals surface area (Å²) in [4.78, 5) is 14.1. The van der Waals surface area contributed by atoms with E-state index in [1.54, 1.807) is 23.5 Å². The molecule has 1 fully saturated rings. The Balaban J connectivity index is 1.72. The van der Waals surface area contributed by atoms with Crippen LogP contribution in [0.3, 0.4) is 0 Å². The van der Waals surface area contributed by atoms with Crippen LogP contribution in [0.2, 0.25) is 0 Å². The minimum Gasteiger partial charge on any atom is -0.410 e. The summed E-state index contributed by atoms with van der Waals surface area (Å²) in [6, 6.07) is 11.5. The number of benzene rings is 1. The number of thiophene rings is 1. The number of carbonyl (C=O) groups excluding carboxylic acids is 1. The van der Waals surface area contributed by atoms with Crippen molar-refractivity contribution in [2.45, 2.75) is 18.9 Å². The van der Waals surface area contributed by atoms with Gasteiger partial charge in [0.25, 0.3) is 0 Å². The number of para-hydroxylation sites is 1. The molecule has 2 aromatic rings. The predicted octanol–water partition coefficient (Wildman–Crippen LogP) is 4.08. The minimum absolute atomic E-state index is 0.169. The lowest BCUT2D eigenvalue weighted by molar-refractivity contribution is 0.147. The highest BCUT2D eigenvalue weighted by Gasteiger charge is 2.31. The maximum Gasteiger partial charge on any atom is 0.415 e. The van der Waals surface area contributed by atoms with Gasteiger partial charge in [-0.15, -0.1) is 0 Å². The molecule has 2 heterocycles. The summed E-state index contributed by atoms with van der Waals surface area (Å²) in [5.41, 5.74) is 1.22. The largest absolute Gasteiger partial charge is 0.415 e. The molecule has 0 spiro atoms. The summed E-state index contributed by atoms with van der Waals surface area (Å²) in [5, 5.41) is 4.16. The van der Waals surface area contributed by atoms with Crippen molar-refractivity contribution in [1.29, 1.82) is 0 Å². The van der Waals surface area contributed by atoms with Gasteiger partial charge in [0.05, 0.1) is 6.04 Å². The molecule has 1 saturated heterocycles. The summed E-state index contributed by atoms with van der Waals surface area (Å²) in [5.74, 6) is 0.600. The van der Waals surface area contributed by atoms with E-state index in [-0.39, 0.29) is 12.1 Å². The topological polar surface area (TPSA) is 29.5 Å². The first-order valence-corrected chi connectivity index (χ1v) is 7.34. The molecule has 0 saturated carbocycles. The fourth-order valence-electron chi connectivity index (χ4n) is 2.44. The number of amides is 1. The number of nitrogens with zero attached hydrogens (tertiary/aromatic N) is 1. The molecule has 0 bridgehead atoms. The molecule has 3 nitrogen and oxygen atoms in total. The van der Waals surface area contributed by atoms with E-state index in [1.807, 2.05) is 28.5 Å². The number of hydrogen-bond donors (Lipinski definition) is 0. The van der Waals surface area contributed by atoms with Crippen LogP contribution >= 0.6 is 11.3 Å². The fourth-order valence-corrected chi connectivity index (χ4v) is 3.15. The Kier molecular flexibility index (Phi) is 3.51. The first-order chi connectivity index (χ1) is 9.34. The van der Waals surface area contributed by atoms with Crippen LogP contribution in [0, 0.1) is 0 Å². The summed E-state index contributed by atoms with van der Waals surface area (Å²) in [6.07, 6.45) is 1.80. The third-order valence-corrected chi connectivity index (χ3v) is 4.07. The van der Waals surface area contributed by atoms with E-state index >= 15 is 0 Å². The average Bonchev–Trinajstić information content (AvgIpc) is 3.10. The Morgan fingerprint density at radius 1 is 1.26 bits per heavy atom. The summed E-state index contributed by atoms with van der Waals surface area (Å²) >= 11 is 1.67. The van der Waals surface area contributed by atoms with Crippen molar-refractivity contribution < 1.29 is 9.53 Å². The minimum atomic E-state index is -0.250. The van der Waals surface area contributed by atoms with Gasteiger partial charge >= 0.3 is 6.09 Å². The Morgan fingerprint density at radius 3 is 2.84 bits per heavy atom. The van der Waals surface area contributed by atoms with Crippen molar-refractivity contribution >= 4 is 17.4 Å². The lowest BCUT2D eigenvalue weighted by Crippen LogP contribution is -2.32. The number of ether oxygens (including phenoxy) is 1. The van der Waals surface area contributed by atoms with Crippen LogP contribution in [-0.4, -0.2) is 17.5 Å². The Bertz CT molecular complexity index is 539. The van der Waals surface area contributed by atoms with Gasteiger partial charge in [0, 0.05) is 6.54 Å². The summed E-state index contributed by atoms with van der Waals surface area (Å²) in [7, 11) is 0. The van der Waals surface area contributed by atoms with Gasteiger partial charge in [0.2, 0.25) is 0 Å². The second-order valence-electron chi connectivity index (χ2n) is 4.59. The molecule has 0 aliphatic carbocycles. The van der Waals surface area contributed by atoms with Gasteiger partial charge in [-0.3, -0.25) is 0 Å². The normalized spacial score (nSPS) is 18.5. The van der Waals surface area contributed by atoms with Gasteiger partial charge in [-0.2, -0.15) is 11.3 Å². The van der Waals surface area contributed by atoms with Crippen molar-refractivity contribution in [2.75, 3.05) is 6.54 Å². The molecule has 1 unspecified atom stereocenters. The van der Waals surface area contributed by atoms with E-state index in [1.165, 1.54) is 5.56 Å². The van der Waals surface area contributed by atoms with Crippen molar-refractivity contribution in [1.82, 2.24) is 4.90 Å². The van der Waals surface area contributed by atoms with Gasteiger partial charge in [-0.25, -0.2) is 4.79 Å². The standard InChI is InChI=1S/C15H15NO2S/c17-15(18-13-5-2-1-3-6-13)16-9-4-7-14(16)12-8-10-19-11-12/h1-3,5-6,8,10-11,14H,4,7,9H2. The molecule has 1 amide bonds. The van der Waals surface area contributed by atoms with Gasteiger partial charge in [-0.05, 0) is 47.4 Å². The first kappa shape index (κ1) is 12.2. The monoisotopic (exact) mass is 273 g/mol. The third-order valence-electron chi connectivity index (χ3n) is 3.36. The predicted molar refractivity (Wildman–Crippen MR) is 75.5 cm³/mol. The van der Waals surface area contributed by atoms with Crippen LogP contribution < -0.4 is 4.74 Å². The van der Waals surface area contributed by atoms with Crippen LogP contribution in [0.25, 0.3) is 0 Å². The molecule has 98 valence electrons. The van der Waals surface area contributed by atoms with Crippen LogP contribution in [-0.2, 0) is 0 Å². The van der Waals surface area contributed by atoms with Gasteiger partial charge in [0.15, 0.2) is 0 Å². The fraction of sp³-hybridized carbons (Fsp3) is 0.267. The van der Waals surface area contributed by atoms with Crippen LogP contribution in [0.4, 0.5) is 4.79 Å². The van der Waals surface area contributed by atoms with Gasteiger partial charge < -0.3 is 9.64 Å². The SMILES string of the molecule is O=C(Oc1ccccc1)N1CCCC1c1ccsc1. The van der Waals surface area contributed by atoms with Crippen LogP contribution in [0.1, 0.15) is 24.4 Å². The van der Waals surface area contributed by atoms with E-state index < -0.39 is 0 Å². The molecular formula is C15H15NO2S. The Morgan fingerprint density at radius 2 is 2.11 bits per heavy atom. The molecule has 19 heavy (non-hydrogen) atoms. The average molecular weight is 273 g/mol. The molecule has 1 aliphatic rings. The number of likely N-dealkylation sites (tertiary alicyclic amines) is 1. The van der Waals surface area contributed by atoms with E-state index in [0.29, 0.717) is 5.75 Å². The molecule has 0 N–H and O–H groups in total. The van der Waals surface area contributed by atoms with Crippen molar-refractivity contribution in [3.8, 4) is 5.75 Å². The quantitative estimate of drug-likeness (QED) is 0.825. The van der Waals surface area contributed by atoms with Crippen molar-refractivity contribution in [3.63, 3.8) is 0 Å². The second kappa shape index (κ2) is 5.45. The number of hydrogen-bond acceptors (Lipinski definition) is 3. The molecule has 1 aliphatic heterocycles. The van der Waals surface area contributed by atoms with E-state index in [9.17, 15) is 4.79 Å². The highest BCUT2D eigenvalue weighted by molar-refractivity contribution is 7.07. The van der Waals surface area contributed by atoms with Crippen LogP contribution in [0.5, 0.6) is 5.75 Å². The zero-order chi connectivity index (χ0) is 13.1. The zero-order valence-electron chi connectivity index (χ0n) is 10.5. The molecule has 1 atom stereocenters. The van der Waals surface area contributed by atoms with Crippen molar-refractivity contribution in [2.24, 2.45) is 0 Å². The Labute approximate surface area is 116 Å². The molecule has 4 heteroatoms. The van der Waals surface area contributed by atoms with E-state index in [0.717, 1.165) is 19.4 Å². The lowest BCUT2D eigenvalue weighted by atomic mass is 10.1. The number of rotatable bonds is 2. The van der Waals surface area contributed by atoms with Crippen LogP contribution in [0.15, 0.2) is 47.2 Å². The maximum absolute atomic E-state index is 12.2. The highest BCUT2D eigenvalue weighted by Crippen LogP contribution is 2.33. The smallest absolute Gasteiger partial charge is 0.410 e. The molecular weight excluding hydrogens is 258 g/mol. The van der Waals surface area contributed by atoms with Gasteiger partial charge in [-0.1, -0.05) is 18.2 Å². The zero-order valence-corrected chi connectivity index (χ0v) is 11.3. The Hall–Kier alpha value is -1.81.